The van der Waals surface area contributed by atoms with Crippen molar-refractivity contribution in [3.05, 3.63) is 52.9 Å². The fourth-order valence-electron chi connectivity index (χ4n) is 2.77. The third-order valence-corrected chi connectivity index (χ3v) is 4.91. The van der Waals surface area contributed by atoms with Crippen LogP contribution in [-0.4, -0.2) is 52.1 Å². The molecule has 1 aliphatic heterocycles. The predicted octanol–water partition coefficient (Wildman–Crippen LogP) is 1.76. The smallest absolute Gasteiger partial charge is 0.255 e. The van der Waals surface area contributed by atoms with Crippen molar-refractivity contribution < 1.29 is 9.53 Å². The lowest BCUT2D eigenvalue weighted by Crippen LogP contribution is -2.37. The molecule has 0 aromatic carbocycles. The third-order valence-electron chi connectivity index (χ3n) is 4.13. The van der Waals surface area contributed by atoms with E-state index >= 15 is 0 Å². The number of hydrogen-bond acceptors (Lipinski definition) is 8. The fourth-order valence-corrected chi connectivity index (χ4v) is 3.32. The molecule has 1 N–H and O–H groups in total. The van der Waals surface area contributed by atoms with E-state index in [-0.39, 0.29) is 5.91 Å². The van der Waals surface area contributed by atoms with E-state index in [9.17, 15) is 4.79 Å². The average Bonchev–Trinajstić information content (AvgIpc) is 3.26. The molecule has 4 heterocycles. The van der Waals surface area contributed by atoms with E-state index in [2.05, 4.69) is 30.2 Å². The Morgan fingerprint density at radius 3 is 2.85 bits per heavy atom. The number of morpholine rings is 1. The Morgan fingerprint density at radius 1 is 1.22 bits per heavy atom. The monoisotopic (exact) mass is 382 g/mol. The van der Waals surface area contributed by atoms with Crippen LogP contribution in [0.2, 0.25) is 0 Å². The number of rotatable bonds is 5. The zero-order valence-corrected chi connectivity index (χ0v) is 15.4. The van der Waals surface area contributed by atoms with Gasteiger partial charge in [-0.3, -0.25) is 9.78 Å². The van der Waals surface area contributed by atoms with Crippen molar-refractivity contribution in [1.29, 1.82) is 0 Å². The van der Waals surface area contributed by atoms with Crippen molar-refractivity contribution in [3.63, 3.8) is 0 Å². The van der Waals surface area contributed by atoms with Crippen molar-refractivity contribution in [2.24, 2.45) is 0 Å². The molecule has 1 amide bonds. The summed E-state index contributed by atoms with van der Waals surface area (Å²) in [5.41, 5.74) is 1.75. The van der Waals surface area contributed by atoms with Gasteiger partial charge in [-0.05, 0) is 12.1 Å². The summed E-state index contributed by atoms with van der Waals surface area (Å²) in [6.07, 6.45) is 6.68. The SMILES string of the molecule is O=C(NCc1nccs1)c1cnc(N2CCOCC2)nc1-c1cccnc1. The Kier molecular flexibility index (Phi) is 5.31. The summed E-state index contributed by atoms with van der Waals surface area (Å²) >= 11 is 1.50. The Hall–Kier alpha value is -2.91. The maximum absolute atomic E-state index is 12.8. The molecule has 8 nitrogen and oxygen atoms in total. The standard InChI is InChI=1S/C18H18N6O2S/c25-17(21-12-15-20-4-9-27-15)14-11-22-18(24-5-7-26-8-6-24)23-16(14)13-2-1-3-19-10-13/h1-4,9-11H,5-8,12H2,(H,21,25). The lowest BCUT2D eigenvalue weighted by Gasteiger charge is -2.27. The fraction of sp³-hybridized carbons (Fsp3) is 0.278. The number of nitrogens with one attached hydrogen (secondary N) is 1. The van der Waals surface area contributed by atoms with Gasteiger partial charge in [-0.1, -0.05) is 0 Å². The highest BCUT2D eigenvalue weighted by atomic mass is 32.1. The van der Waals surface area contributed by atoms with Gasteiger partial charge >= 0.3 is 0 Å². The van der Waals surface area contributed by atoms with Crippen molar-refractivity contribution >= 4 is 23.2 Å². The maximum Gasteiger partial charge on any atom is 0.255 e. The summed E-state index contributed by atoms with van der Waals surface area (Å²) in [6.45, 7) is 3.10. The second kappa shape index (κ2) is 8.19. The number of anilines is 1. The second-order valence-corrected chi connectivity index (χ2v) is 6.86. The van der Waals surface area contributed by atoms with Crippen molar-refractivity contribution in [3.8, 4) is 11.3 Å². The van der Waals surface area contributed by atoms with E-state index < -0.39 is 0 Å². The highest BCUT2D eigenvalue weighted by molar-refractivity contribution is 7.09. The average molecular weight is 382 g/mol. The summed E-state index contributed by atoms with van der Waals surface area (Å²) in [6, 6.07) is 3.71. The Labute approximate surface area is 160 Å². The van der Waals surface area contributed by atoms with Crippen LogP contribution in [0.4, 0.5) is 5.95 Å². The molecular formula is C18H18N6O2S. The molecule has 138 valence electrons. The van der Waals surface area contributed by atoms with E-state index in [0.29, 0.717) is 37.0 Å². The van der Waals surface area contributed by atoms with Crippen LogP contribution in [0.15, 0.2) is 42.3 Å². The van der Waals surface area contributed by atoms with E-state index in [1.54, 1.807) is 24.8 Å². The highest BCUT2D eigenvalue weighted by Gasteiger charge is 2.20. The molecule has 9 heteroatoms. The minimum Gasteiger partial charge on any atom is -0.378 e. The second-order valence-electron chi connectivity index (χ2n) is 5.88. The number of pyridine rings is 1. The first-order chi connectivity index (χ1) is 13.3. The number of carbonyl (C=O) groups excluding carboxylic acids is 1. The van der Waals surface area contributed by atoms with Gasteiger partial charge in [-0.25, -0.2) is 15.0 Å². The van der Waals surface area contributed by atoms with Gasteiger partial charge in [0.2, 0.25) is 5.95 Å². The first kappa shape index (κ1) is 17.5. The van der Waals surface area contributed by atoms with Gasteiger partial charge < -0.3 is 15.0 Å². The summed E-state index contributed by atoms with van der Waals surface area (Å²) in [4.78, 5) is 32.2. The summed E-state index contributed by atoms with van der Waals surface area (Å²) in [7, 11) is 0. The zero-order valence-electron chi connectivity index (χ0n) is 14.5. The maximum atomic E-state index is 12.8. The van der Waals surface area contributed by atoms with Crippen LogP contribution < -0.4 is 10.2 Å². The number of thiazole rings is 1. The van der Waals surface area contributed by atoms with Gasteiger partial charge in [-0.2, -0.15) is 0 Å². The quantitative estimate of drug-likeness (QED) is 0.719. The molecule has 0 bridgehead atoms. The molecule has 3 aromatic rings. The summed E-state index contributed by atoms with van der Waals surface area (Å²) in [5, 5.41) is 5.61. The van der Waals surface area contributed by atoms with Gasteiger partial charge in [0.25, 0.3) is 5.91 Å². The highest BCUT2D eigenvalue weighted by Crippen LogP contribution is 2.23. The molecule has 27 heavy (non-hydrogen) atoms. The van der Waals surface area contributed by atoms with Gasteiger partial charge in [0.1, 0.15) is 5.01 Å². The Bertz CT molecular complexity index is 897. The molecule has 0 spiro atoms. The van der Waals surface area contributed by atoms with Crippen LogP contribution in [0.25, 0.3) is 11.3 Å². The first-order valence-corrected chi connectivity index (χ1v) is 9.46. The number of amides is 1. The first-order valence-electron chi connectivity index (χ1n) is 8.58. The van der Waals surface area contributed by atoms with E-state index in [1.165, 1.54) is 11.3 Å². The van der Waals surface area contributed by atoms with E-state index in [1.807, 2.05) is 17.5 Å². The summed E-state index contributed by atoms with van der Waals surface area (Å²) in [5.74, 6) is 0.353. The third kappa shape index (κ3) is 4.09. The molecule has 1 saturated heterocycles. The van der Waals surface area contributed by atoms with Gasteiger partial charge in [0, 0.05) is 48.8 Å². The Balaban J connectivity index is 1.64. The molecule has 3 aromatic heterocycles. The molecule has 4 rings (SSSR count). The normalized spacial score (nSPS) is 14.1. The lowest BCUT2D eigenvalue weighted by atomic mass is 10.1. The van der Waals surface area contributed by atoms with Gasteiger partial charge in [0.05, 0.1) is 31.0 Å². The lowest BCUT2D eigenvalue weighted by molar-refractivity contribution is 0.0950. The molecule has 0 aliphatic carbocycles. The molecule has 0 saturated carbocycles. The van der Waals surface area contributed by atoms with Gasteiger partial charge in [-0.15, -0.1) is 11.3 Å². The van der Waals surface area contributed by atoms with Crippen LogP contribution in [0.3, 0.4) is 0 Å². The van der Waals surface area contributed by atoms with Crippen molar-refractivity contribution in [1.82, 2.24) is 25.3 Å². The minimum absolute atomic E-state index is 0.238. The zero-order chi connectivity index (χ0) is 18.5. The topological polar surface area (TPSA) is 93.1 Å². The van der Waals surface area contributed by atoms with E-state index in [0.717, 1.165) is 23.7 Å². The largest absolute Gasteiger partial charge is 0.378 e. The molecule has 0 atom stereocenters. The number of nitrogens with zero attached hydrogens (tertiary/aromatic N) is 5. The Morgan fingerprint density at radius 2 is 2.11 bits per heavy atom. The number of ether oxygens (including phenoxy) is 1. The number of hydrogen-bond donors (Lipinski definition) is 1. The van der Waals surface area contributed by atoms with Crippen molar-refractivity contribution in [2.45, 2.75) is 6.54 Å². The number of aromatic nitrogens is 4. The molecule has 0 radical (unpaired) electrons. The minimum atomic E-state index is -0.238. The van der Waals surface area contributed by atoms with Crippen LogP contribution >= 0.6 is 11.3 Å². The van der Waals surface area contributed by atoms with Crippen LogP contribution in [0, 0.1) is 0 Å². The van der Waals surface area contributed by atoms with E-state index in [4.69, 9.17) is 4.74 Å². The molecule has 1 aliphatic rings. The van der Waals surface area contributed by atoms with Gasteiger partial charge in [0.15, 0.2) is 0 Å². The summed E-state index contributed by atoms with van der Waals surface area (Å²) < 4.78 is 5.39. The molecule has 1 fully saturated rings. The van der Waals surface area contributed by atoms with Crippen LogP contribution in [-0.2, 0) is 11.3 Å². The molecular weight excluding hydrogens is 364 g/mol. The number of carbonyl (C=O) groups is 1. The molecule has 0 unspecified atom stereocenters. The van der Waals surface area contributed by atoms with Crippen LogP contribution in [0.5, 0.6) is 0 Å². The van der Waals surface area contributed by atoms with Crippen LogP contribution in [0.1, 0.15) is 15.4 Å². The predicted molar refractivity (Wildman–Crippen MR) is 102 cm³/mol. The van der Waals surface area contributed by atoms with Crippen molar-refractivity contribution in [2.75, 3.05) is 31.2 Å².